The van der Waals surface area contributed by atoms with E-state index >= 15 is 0 Å². The molecule has 0 spiro atoms. The average molecular weight is 392 g/mol. The molecule has 1 aromatic carbocycles. The van der Waals surface area contributed by atoms with Gasteiger partial charge in [-0.2, -0.15) is 5.10 Å². The normalized spacial score (nSPS) is 11.7. The van der Waals surface area contributed by atoms with Gasteiger partial charge in [-0.15, -0.1) is 0 Å². The molecule has 1 N–H and O–H groups in total. The minimum atomic E-state index is -0.328. The summed E-state index contributed by atoms with van der Waals surface area (Å²) in [5.74, 6) is 0.0181. The third kappa shape index (κ3) is 3.89. The molecule has 1 amide bonds. The third-order valence-corrected chi connectivity index (χ3v) is 4.57. The van der Waals surface area contributed by atoms with Gasteiger partial charge in [0.25, 0.3) is 5.91 Å². The van der Waals surface area contributed by atoms with Crippen LogP contribution in [-0.2, 0) is 12.0 Å². The molecule has 0 aliphatic carbocycles. The number of hydrogen-bond donors (Lipinski definition) is 1. The van der Waals surface area contributed by atoms with Crippen molar-refractivity contribution in [1.29, 1.82) is 0 Å². The van der Waals surface area contributed by atoms with E-state index < -0.39 is 0 Å². The molecule has 6 nitrogen and oxygen atoms in total. The summed E-state index contributed by atoms with van der Waals surface area (Å²) < 4.78 is 20.1. The van der Waals surface area contributed by atoms with Crippen molar-refractivity contribution in [2.45, 2.75) is 32.7 Å². The number of aromatic nitrogens is 3. The van der Waals surface area contributed by atoms with Crippen LogP contribution in [0.3, 0.4) is 0 Å². The molecule has 0 fully saturated rings. The Bertz CT molecular complexity index is 1160. The van der Waals surface area contributed by atoms with Crippen LogP contribution in [0.5, 0.6) is 0 Å². The molecule has 4 aromatic rings. The van der Waals surface area contributed by atoms with Crippen LogP contribution in [-0.4, -0.2) is 20.5 Å². The molecule has 0 aliphatic rings. The predicted molar refractivity (Wildman–Crippen MR) is 107 cm³/mol. The van der Waals surface area contributed by atoms with Crippen molar-refractivity contribution in [3.63, 3.8) is 0 Å². The van der Waals surface area contributed by atoms with E-state index in [0.29, 0.717) is 28.4 Å². The fourth-order valence-corrected chi connectivity index (χ4v) is 2.94. The molecule has 148 valence electrons. The summed E-state index contributed by atoms with van der Waals surface area (Å²) in [6.45, 7) is 6.40. The van der Waals surface area contributed by atoms with Gasteiger partial charge in [0.1, 0.15) is 17.3 Å². The van der Waals surface area contributed by atoms with E-state index in [1.165, 1.54) is 12.1 Å². The quantitative estimate of drug-likeness (QED) is 0.560. The first-order chi connectivity index (χ1) is 13.8. The summed E-state index contributed by atoms with van der Waals surface area (Å²) in [4.78, 5) is 17.6. The van der Waals surface area contributed by atoms with Gasteiger partial charge in [0.2, 0.25) is 0 Å². The van der Waals surface area contributed by atoms with Crippen molar-refractivity contribution < 1.29 is 13.6 Å². The molecular formula is C22H21FN4O2. The smallest absolute Gasteiger partial charge is 0.270 e. The molecule has 0 saturated carbocycles. The molecule has 0 bridgehead atoms. The highest BCUT2D eigenvalue weighted by atomic mass is 19.1. The zero-order valence-electron chi connectivity index (χ0n) is 16.4. The molecule has 4 rings (SSSR count). The van der Waals surface area contributed by atoms with Gasteiger partial charge in [-0.25, -0.2) is 13.9 Å². The Morgan fingerprint density at radius 3 is 2.59 bits per heavy atom. The SMILES string of the molecule is CC(C)(C)c1cc2nc(-c3ccc(F)cc3)cc(C(=O)NCc3ccco3)n2n1. The van der Waals surface area contributed by atoms with Crippen LogP contribution in [0.25, 0.3) is 16.9 Å². The van der Waals surface area contributed by atoms with Crippen LogP contribution < -0.4 is 5.32 Å². The highest BCUT2D eigenvalue weighted by molar-refractivity contribution is 5.94. The number of benzene rings is 1. The molecule has 0 unspecified atom stereocenters. The molecule has 0 aliphatic heterocycles. The number of furan rings is 1. The van der Waals surface area contributed by atoms with Gasteiger partial charge in [0.05, 0.1) is 24.2 Å². The summed E-state index contributed by atoms with van der Waals surface area (Å²) >= 11 is 0. The van der Waals surface area contributed by atoms with E-state index in [1.54, 1.807) is 41.1 Å². The zero-order chi connectivity index (χ0) is 20.6. The second kappa shape index (κ2) is 7.16. The number of nitrogens with one attached hydrogen (secondary N) is 1. The fraction of sp³-hybridized carbons (Fsp3) is 0.227. The van der Waals surface area contributed by atoms with Gasteiger partial charge in [-0.05, 0) is 42.5 Å². The maximum atomic E-state index is 13.3. The number of rotatable bonds is 4. The minimum absolute atomic E-state index is 0.203. The van der Waals surface area contributed by atoms with Crippen LogP contribution in [0.2, 0.25) is 0 Å². The van der Waals surface area contributed by atoms with Gasteiger partial charge < -0.3 is 9.73 Å². The van der Waals surface area contributed by atoms with Gasteiger partial charge in [-0.3, -0.25) is 4.79 Å². The Morgan fingerprint density at radius 1 is 1.17 bits per heavy atom. The fourth-order valence-electron chi connectivity index (χ4n) is 2.94. The number of halogens is 1. The zero-order valence-corrected chi connectivity index (χ0v) is 16.4. The van der Waals surface area contributed by atoms with E-state index in [2.05, 4.69) is 15.4 Å². The summed E-state index contributed by atoms with van der Waals surface area (Å²) in [7, 11) is 0. The van der Waals surface area contributed by atoms with Gasteiger partial charge in [0.15, 0.2) is 5.65 Å². The van der Waals surface area contributed by atoms with Crippen molar-refractivity contribution in [2.75, 3.05) is 0 Å². The van der Waals surface area contributed by atoms with Crippen molar-refractivity contribution in [2.24, 2.45) is 0 Å². The van der Waals surface area contributed by atoms with Gasteiger partial charge >= 0.3 is 0 Å². The van der Waals surface area contributed by atoms with Crippen molar-refractivity contribution in [3.05, 3.63) is 77.8 Å². The second-order valence-corrected chi connectivity index (χ2v) is 7.85. The first-order valence-electron chi connectivity index (χ1n) is 9.29. The van der Waals surface area contributed by atoms with Crippen LogP contribution in [0.1, 0.15) is 42.7 Å². The predicted octanol–water partition coefficient (Wildman–Crippen LogP) is 4.36. The average Bonchev–Trinajstić information content (AvgIpc) is 3.35. The maximum Gasteiger partial charge on any atom is 0.270 e. The summed E-state index contributed by atoms with van der Waals surface area (Å²) in [5, 5.41) is 7.46. The Kier molecular flexibility index (Phi) is 4.66. The minimum Gasteiger partial charge on any atom is -0.467 e. The monoisotopic (exact) mass is 392 g/mol. The number of carbonyl (C=O) groups is 1. The van der Waals surface area contributed by atoms with E-state index in [-0.39, 0.29) is 23.7 Å². The lowest BCUT2D eigenvalue weighted by atomic mass is 9.93. The van der Waals surface area contributed by atoms with Crippen molar-refractivity contribution in [3.8, 4) is 11.3 Å². The van der Waals surface area contributed by atoms with Crippen LogP contribution in [0.4, 0.5) is 4.39 Å². The molecule has 0 atom stereocenters. The third-order valence-electron chi connectivity index (χ3n) is 4.57. The standard InChI is InChI=1S/C22H21FN4O2/c1-22(2,3)19-12-20-25-17(14-6-8-15(23)9-7-14)11-18(27(20)26-19)21(28)24-13-16-5-4-10-29-16/h4-12H,13H2,1-3H3,(H,24,28). The Balaban J connectivity index is 1.79. The highest BCUT2D eigenvalue weighted by Gasteiger charge is 2.22. The van der Waals surface area contributed by atoms with Crippen LogP contribution in [0.15, 0.2) is 59.2 Å². The number of fused-ring (bicyclic) bond motifs is 1. The van der Waals surface area contributed by atoms with E-state index in [1.807, 2.05) is 26.8 Å². The summed E-state index contributed by atoms with van der Waals surface area (Å²) in [5.41, 5.74) is 2.80. The molecular weight excluding hydrogens is 371 g/mol. The lowest BCUT2D eigenvalue weighted by Gasteiger charge is -2.13. The van der Waals surface area contributed by atoms with E-state index in [9.17, 15) is 9.18 Å². The van der Waals surface area contributed by atoms with E-state index in [4.69, 9.17) is 4.42 Å². The number of carbonyl (C=O) groups excluding carboxylic acids is 1. The summed E-state index contributed by atoms with van der Waals surface area (Å²) in [6, 6.07) is 13.1. The maximum absolute atomic E-state index is 13.3. The molecule has 0 saturated heterocycles. The van der Waals surface area contributed by atoms with Crippen molar-refractivity contribution >= 4 is 11.6 Å². The molecule has 29 heavy (non-hydrogen) atoms. The largest absolute Gasteiger partial charge is 0.467 e. The molecule has 7 heteroatoms. The lowest BCUT2D eigenvalue weighted by Crippen LogP contribution is -2.25. The molecule has 3 heterocycles. The Morgan fingerprint density at radius 2 is 1.93 bits per heavy atom. The van der Waals surface area contributed by atoms with Crippen LogP contribution in [0, 0.1) is 5.82 Å². The van der Waals surface area contributed by atoms with Gasteiger partial charge in [-0.1, -0.05) is 20.8 Å². The lowest BCUT2D eigenvalue weighted by molar-refractivity contribution is 0.0940. The second-order valence-electron chi connectivity index (χ2n) is 7.85. The van der Waals surface area contributed by atoms with Crippen molar-refractivity contribution in [1.82, 2.24) is 19.9 Å². The first kappa shape index (κ1) is 18.9. The number of amides is 1. The highest BCUT2D eigenvalue weighted by Crippen LogP contribution is 2.25. The molecule has 0 radical (unpaired) electrons. The Labute approximate surface area is 167 Å². The van der Waals surface area contributed by atoms with Crippen LogP contribution >= 0.6 is 0 Å². The summed E-state index contributed by atoms with van der Waals surface area (Å²) in [6.07, 6.45) is 1.56. The number of hydrogen-bond acceptors (Lipinski definition) is 4. The first-order valence-corrected chi connectivity index (χ1v) is 9.29. The topological polar surface area (TPSA) is 72.4 Å². The number of nitrogens with zero attached hydrogens (tertiary/aromatic N) is 3. The van der Waals surface area contributed by atoms with E-state index in [0.717, 1.165) is 5.69 Å². The molecule has 3 aromatic heterocycles. The van der Waals surface area contributed by atoms with Gasteiger partial charge in [0, 0.05) is 17.0 Å². The Hall–Kier alpha value is -3.48.